The number of carbonyl (C=O) groups excluding carboxylic acids is 1. The van der Waals surface area contributed by atoms with Crippen LogP contribution in [-0.4, -0.2) is 52.8 Å². The number of carbonyl (C=O) groups is 2. The van der Waals surface area contributed by atoms with Crippen molar-refractivity contribution in [2.24, 2.45) is 0 Å². The average Bonchev–Trinajstić information content (AvgIpc) is 2.42. The number of likely N-dealkylation sites (tertiary alicyclic amines) is 1. The zero-order valence-electron chi connectivity index (χ0n) is 14.9. The summed E-state index contributed by atoms with van der Waals surface area (Å²) in [6.45, 7) is 9.18. The molecule has 0 aromatic heterocycles. The van der Waals surface area contributed by atoms with Gasteiger partial charge in [0.2, 0.25) is 0 Å². The summed E-state index contributed by atoms with van der Waals surface area (Å²) in [5.41, 5.74) is -0.472. The molecular formula is C17H32N2O4. The van der Waals surface area contributed by atoms with Crippen molar-refractivity contribution >= 4 is 12.1 Å². The zero-order chi connectivity index (χ0) is 17.5. The maximum Gasteiger partial charge on any atom is 0.410 e. The van der Waals surface area contributed by atoms with E-state index < -0.39 is 11.6 Å². The first-order valence-electron chi connectivity index (χ1n) is 8.64. The van der Waals surface area contributed by atoms with E-state index in [1.807, 2.05) is 25.7 Å². The predicted octanol–water partition coefficient (Wildman–Crippen LogP) is 3.01. The van der Waals surface area contributed by atoms with Gasteiger partial charge in [-0.05, 0) is 66.3 Å². The maximum absolute atomic E-state index is 12.4. The van der Waals surface area contributed by atoms with E-state index in [1.54, 1.807) is 0 Å². The molecule has 0 bridgehead atoms. The molecule has 1 aliphatic rings. The highest BCUT2D eigenvalue weighted by Gasteiger charge is 2.31. The molecule has 2 atom stereocenters. The monoisotopic (exact) mass is 328 g/mol. The van der Waals surface area contributed by atoms with Gasteiger partial charge in [-0.3, -0.25) is 4.79 Å². The molecule has 0 saturated carbocycles. The predicted molar refractivity (Wildman–Crippen MR) is 89.5 cm³/mol. The van der Waals surface area contributed by atoms with E-state index in [-0.39, 0.29) is 24.6 Å². The third-order valence-corrected chi connectivity index (χ3v) is 3.94. The smallest absolute Gasteiger partial charge is 0.410 e. The summed E-state index contributed by atoms with van der Waals surface area (Å²) >= 11 is 0. The van der Waals surface area contributed by atoms with Gasteiger partial charge in [-0.1, -0.05) is 0 Å². The van der Waals surface area contributed by atoms with Gasteiger partial charge in [0, 0.05) is 25.0 Å². The molecule has 2 unspecified atom stereocenters. The highest BCUT2D eigenvalue weighted by Crippen LogP contribution is 2.23. The van der Waals surface area contributed by atoms with Gasteiger partial charge in [0.15, 0.2) is 0 Å². The van der Waals surface area contributed by atoms with Crippen molar-refractivity contribution in [2.45, 2.75) is 83.9 Å². The molecule has 0 radical (unpaired) electrons. The first-order chi connectivity index (χ1) is 10.7. The molecule has 134 valence electrons. The number of hydrogen-bond donors (Lipinski definition) is 2. The SMILES string of the molecule is CC(CC1CCCCN1C(=O)OC(C)(C)C)NCCCC(=O)O. The van der Waals surface area contributed by atoms with Crippen molar-refractivity contribution in [2.75, 3.05) is 13.1 Å². The molecule has 1 amide bonds. The van der Waals surface area contributed by atoms with Crippen LogP contribution in [0.2, 0.25) is 0 Å². The van der Waals surface area contributed by atoms with Crippen LogP contribution in [0.15, 0.2) is 0 Å². The Kier molecular flexibility index (Phi) is 7.82. The molecule has 0 aliphatic carbocycles. The number of carboxylic acid groups (broad SMARTS) is 1. The number of carboxylic acids is 1. The molecule has 1 saturated heterocycles. The van der Waals surface area contributed by atoms with Crippen LogP contribution in [-0.2, 0) is 9.53 Å². The van der Waals surface area contributed by atoms with Crippen LogP contribution in [0.25, 0.3) is 0 Å². The van der Waals surface area contributed by atoms with E-state index in [4.69, 9.17) is 9.84 Å². The summed E-state index contributed by atoms with van der Waals surface area (Å²) in [7, 11) is 0. The lowest BCUT2D eigenvalue weighted by Gasteiger charge is -2.38. The van der Waals surface area contributed by atoms with Crippen LogP contribution in [0.4, 0.5) is 4.79 Å². The minimum Gasteiger partial charge on any atom is -0.481 e. The quantitative estimate of drug-likeness (QED) is 0.702. The van der Waals surface area contributed by atoms with E-state index in [0.29, 0.717) is 13.0 Å². The van der Waals surface area contributed by atoms with Crippen molar-refractivity contribution < 1.29 is 19.4 Å². The fourth-order valence-corrected chi connectivity index (χ4v) is 2.89. The molecule has 1 aliphatic heterocycles. The Bertz CT molecular complexity index is 393. The number of nitrogens with zero attached hydrogens (tertiary/aromatic N) is 1. The Labute approximate surface area is 139 Å². The van der Waals surface area contributed by atoms with Crippen LogP contribution < -0.4 is 5.32 Å². The van der Waals surface area contributed by atoms with Gasteiger partial charge in [-0.15, -0.1) is 0 Å². The molecule has 0 aromatic carbocycles. The van der Waals surface area contributed by atoms with E-state index >= 15 is 0 Å². The Morgan fingerprint density at radius 2 is 2.04 bits per heavy atom. The fourth-order valence-electron chi connectivity index (χ4n) is 2.89. The summed E-state index contributed by atoms with van der Waals surface area (Å²) in [4.78, 5) is 24.7. The van der Waals surface area contributed by atoms with Crippen molar-refractivity contribution in [3.05, 3.63) is 0 Å². The summed E-state index contributed by atoms with van der Waals surface area (Å²) in [5, 5.41) is 12.0. The van der Waals surface area contributed by atoms with Gasteiger partial charge in [0.25, 0.3) is 0 Å². The second-order valence-electron chi connectivity index (χ2n) is 7.41. The number of aliphatic carboxylic acids is 1. The van der Waals surface area contributed by atoms with Crippen LogP contribution in [0.5, 0.6) is 0 Å². The summed E-state index contributed by atoms with van der Waals surface area (Å²) in [5.74, 6) is -0.761. The highest BCUT2D eigenvalue weighted by molar-refractivity contribution is 5.68. The van der Waals surface area contributed by atoms with E-state index in [1.165, 1.54) is 0 Å². The average molecular weight is 328 g/mol. The molecule has 23 heavy (non-hydrogen) atoms. The second-order valence-corrected chi connectivity index (χ2v) is 7.41. The minimum absolute atomic E-state index is 0.188. The van der Waals surface area contributed by atoms with Gasteiger partial charge in [-0.25, -0.2) is 4.79 Å². The standard InChI is InChI=1S/C17H32N2O4/c1-13(18-10-7-9-15(20)21)12-14-8-5-6-11-19(14)16(22)23-17(2,3)4/h13-14,18H,5-12H2,1-4H3,(H,20,21). The number of nitrogens with one attached hydrogen (secondary N) is 1. The first kappa shape index (κ1) is 19.7. The second kappa shape index (κ2) is 9.11. The minimum atomic E-state index is -0.761. The summed E-state index contributed by atoms with van der Waals surface area (Å²) in [6, 6.07) is 0.442. The number of amides is 1. The maximum atomic E-state index is 12.4. The Morgan fingerprint density at radius 3 is 2.65 bits per heavy atom. The third kappa shape index (κ3) is 8.21. The highest BCUT2D eigenvalue weighted by atomic mass is 16.6. The largest absolute Gasteiger partial charge is 0.481 e. The molecule has 6 nitrogen and oxygen atoms in total. The van der Waals surface area contributed by atoms with E-state index in [0.717, 1.165) is 32.2 Å². The molecular weight excluding hydrogens is 296 g/mol. The Morgan fingerprint density at radius 1 is 1.35 bits per heavy atom. The van der Waals surface area contributed by atoms with Gasteiger partial charge < -0.3 is 20.1 Å². The number of ether oxygens (including phenoxy) is 1. The van der Waals surface area contributed by atoms with Gasteiger partial charge in [0.1, 0.15) is 5.60 Å². The van der Waals surface area contributed by atoms with Crippen LogP contribution >= 0.6 is 0 Å². The Hall–Kier alpha value is -1.30. The molecule has 1 fully saturated rings. The number of hydrogen-bond acceptors (Lipinski definition) is 4. The fraction of sp³-hybridized carbons (Fsp3) is 0.882. The van der Waals surface area contributed by atoms with Crippen LogP contribution in [0.3, 0.4) is 0 Å². The summed E-state index contributed by atoms with van der Waals surface area (Å²) in [6.07, 6.45) is 4.62. The molecule has 0 aromatic rings. The van der Waals surface area contributed by atoms with Gasteiger partial charge in [-0.2, -0.15) is 0 Å². The normalized spacial score (nSPS) is 20.2. The molecule has 2 N–H and O–H groups in total. The number of rotatable bonds is 7. The summed E-state index contributed by atoms with van der Waals surface area (Å²) < 4.78 is 5.52. The van der Waals surface area contributed by atoms with Gasteiger partial charge in [0.05, 0.1) is 0 Å². The van der Waals surface area contributed by atoms with E-state index in [9.17, 15) is 9.59 Å². The van der Waals surface area contributed by atoms with Crippen LogP contribution in [0.1, 0.15) is 66.2 Å². The molecule has 0 spiro atoms. The van der Waals surface area contributed by atoms with Crippen LogP contribution in [0, 0.1) is 0 Å². The molecule has 1 rings (SSSR count). The van der Waals surface area contributed by atoms with Crippen molar-refractivity contribution in [3.8, 4) is 0 Å². The van der Waals surface area contributed by atoms with Crippen molar-refractivity contribution in [1.82, 2.24) is 10.2 Å². The van der Waals surface area contributed by atoms with Crippen molar-refractivity contribution in [3.63, 3.8) is 0 Å². The Balaban J connectivity index is 2.44. The van der Waals surface area contributed by atoms with Crippen molar-refractivity contribution in [1.29, 1.82) is 0 Å². The molecule has 1 heterocycles. The zero-order valence-corrected chi connectivity index (χ0v) is 14.9. The topological polar surface area (TPSA) is 78.9 Å². The molecule has 6 heteroatoms. The third-order valence-electron chi connectivity index (χ3n) is 3.94. The lowest BCUT2D eigenvalue weighted by molar-refractivity contribution is -0.137. The lowest BCUT2D eigenvalue weighted by atomic mass is 9.96. The van der Waals surface area contributed by atoms with Gasteiger partial charge >= 0.3 is 12.1 Å². The van der Waals surface area contributed by atoms with E-state index in [2.05, 4.69) is 12.2 Å². The first-order valence-corrected chi connectivity index (χ1v) is 8.64. The lowest BCUT2D eigenvalue weighted by Crippen LogP contribution is -2.48. The number of piperidine rings is 1.